The number of aryl methyl sites for hydroxylation is 1. The average Bonchev–Trinajstić information content (AvgIpc) is 2.63. The van der Waals surface area contributed by atoms with Crippen LogP contribution in [0.15, 0.2) is 0 Å². The molecule has 2 rings (SSSR count). The molecular formula is C13H23N3. The summed E-state index contributed by atoms with van der Waals surface area (Å²) in [5, 5.41) is 11.1. The lowest BCUT2D eigenvalue weighted by Gasteiger charge is -2.29. The second kappa shape index (κ2) is 4.89. The van der Waals surface area contributed by atoms with Gasteiger partial charge in [-0.15, -0.1) is 0 Å². The van der Waals surface area contributed by atoms with Gasteiger partial charge in [-0.2, -0.15) is 5.10 Å². The van der Waals surface area contributed by atoms with Crippen molar-refractivity contribution in [1.29, 1.82) is 0 Å². The van der Waals surface area contributed by atoms with Crippen molar-refractivity contribution in [3.8, 4) is 0 Å². The Morgan fingerprint density at radius 2 is 2.12 bits per heavy atom. The minimum absolute atomic E-state index is 0.612. The first-order valence-corrected chi connectivity index (χ1v) is 6.52. The molecule has 16 heavy (non-hydrogen) atoms. The maximum atomic E-state index is 4.38. The molecule has 0 bridgehead atoms. The zero-order chi connectivity index (χ0) is 11.5. The predicted octanol–water partition coefficient (Wildman–Crippen LogP) is 3.27. The van der Waals surface area contributed by atoms with Crippen LogP contribution in [0.4, 0.5) is 5.82 Å². The molecule has 1 heterocycles. The minimum atomic E-state index is 0.612. The van der Waals surface area contributed by atoms with E-state index in [4.69, 9.17) is 0 Å². The van der Waals surface area contributed by atoms with Crippen LogP contribution in [0, 0.1) is 12.8 Å². The molecule has 0 radical (unpaired) electrons. The molecule has 1 aromatic rings. The summed E-state index contributed by atoms with van der Waals surface area (Å²) in [7, 11) is 0. The highest BCUT2D eigenvalue weighted by atomic mass is 15.2. The molecule has 2 atom stereocenters. The van der Waals surface area contributed by atoms with Crippen LogP contribution >= 0.6 is 0 Å². The van der Waals surface area contributed by atoms with Gasteiger partial charge in [0.1, 0.15) is 0 Å². The number of nitrogens with one attached hydrogen (secondary N) is 2. The third-order valence-corrected chi connectivity index (χ3v) is 3.90. The van der Waals surface area contributed by atoms with Crippen molar-refractivity contribution in [2.75, 3.05) is 5.32 Å². The zero-order valence-electron chi connectivity index (χ0n) is 10.6. The first-order valence-electron chi connectivity index (χ1n) is 6.52. The van der Waals surface area contributed by atoms with Crippen LogP contribution in [-0.4, -0.2) is 16.2 Å². The van der Waals surface area contributed by atoms with Gasteiger partial charge in [0.2, 0.25) is 0 Å². The third kappa shape index (κ3) is 2.23. The fraction of sp³-hybridized carbons (Fsp3) is 0.769. The number of aromatic nitrogens is 2. The van der Waals surface area contributed by atoms with E-state index in [0.29, 0.717) is 6.04 Å². The van der Waals surface area contributed by atoms with Crippen molar-refractivity contribution in [3.05, 3.63) is 11.3 Å². The van der Waals surface area contributed by atoms with Gasteiger partial charge >= 0.3 is 0 Å². The Labute approximate surface area is 98.0 Å². The highest BCUT2D eigenvalue weighted by Crippen LogP contribution is 2.27. The van der Waals surface area contributed by atoms with Crippen LogP contribution in [0.3, 0.4) is 0 Å². The van der Waals surface area contributed by atoms with E-state index in [2.05, 4.69) is 36.3 Å². The molecule has 0 spiro atoms. The van der Waals surface area contributed by atoms with Crippen molar-refractivity contribution in [1.82, 2.24) is 10.2 Å². The lowest BCUT2D eigenvalue weighted by Crippen LogP contribution is -2.30. The Kier molecular flexibility index (Phi) is 3.52. The number of rotatable bonds is 3. The van der Waals surface area contributed by atoms with E-state index >= 15 is 0 Å². The van der Waals surface area contributed by atoms with Gasteiger partial charge in [0, 0.05) is 17.3 Å². The number of anilines is 1. The highest BCUT2D eigenvalue weighted by Gasteiger charge is 2.22. The van der Waals surface area contributed by atoms with E-state index in [1.54, 1.807) is 0 Å². The van der Waals surface area contributed by atoms with Gasteiger partial charge in [-0.25, -0.2) is 0 Å². The van der Waals surface area contributed by atoms with Gasteiger partial charge in [-0.1, -0.05) is 26.7 Å². The van der Waals surface area contributed by atoms with Crippen molar-refractivity contribution >= 4 is 5.82 Å². The number of aromatic amines is 1. The molecule has 1 saturated carbocycles. The number of nitrogens with zero attached hydrogens (tertiary/aromatic N) is 1. The van der Waals surface area contributed by atoms with E-state index in [9.17, 15) is 0 Å². The maximum absolute atomic E-state index is 4.38. The molecule has 90 valence electrons. The van der Waals surface area contributed by atoms with Crippen LogP contribution in [0.2, 0.25) is 0 Å². The quantitative estimate of drug-likeness (QED) is 0.822. The molecule has 0 aliphatic heterocycles. The van der Waals surface area contributed by atoms with Crippen LogP contribution in [0.5, 0.6) is 0 Å². The second-order valence-corrected chi connectivity index (χ2v) is 5.04. The average molecular weight is 221 g/mol. The standard InChI is InChI=1S/C13H23N3/c1-4-11-10(3)13(16-15-11)14-12-8-6-5-7-9(12)2/h9,12H,4-8H2,1-3H3,(H2,14,15,16). The fourth-order valence-corrected chi connectivity index (χ4v) is 2.63. The van der Waals surface area contributed by atoms with Gasteiger partial charge < -0.3 is 5.32 Å². The second-order valence-electron chi connectivity index (χ2n) is 5.04. The topological polar surface area (TPSA) is 40.7 Å². The molecule has 3 heteroatoms. The van der Waals surface area contributed by atoms with Crippen LogP contribution < -0.4 is 5.32 Å². The number of H-pyrrole nitrogens is 1. The fourth-order valence-electron chi connectivity index (χ4n) is 2.63. The molecule has 2 N–H and O–H groups in total. The van der Waals surface area contributed by atoms with Gasteiger partial charge in [0.25, 0.3) is 0 Å². The minimum Gasteiger partial charge on any atom is -0.365 e. The van der Waals surface area contributed by atoms with E-state index in [1.165, 1.54) is 36.9 Å². The van der Waals surface area contributed by atoms with Gasteiger partial charge in [0.15, 0.2) is 5.82 Å². The van der Waals surface area contributed by atoms with E-state index in [0.717, 1.165) is 18.2 Å². The van der Waals surface area contributed by atoms with Crippen molar-refractivity contribution in [3.63, 3.8) is 0 Å². The summed E-state index contributed by atoms with van der Waals surface area (Å²) in [6, 6.07) is 0.612. The molecule has 0 aromatic carbocycles. The van der Waals surface area contributed by atoms with Crippen molar-refractivity contribution < 1.29 is 0 Å². The highest BCUT2D eigenvalue weighted by molar-refractivity contribution is 5.46. The summed E-state index contributed by atoms with van der Waals surface area (Å²) in [4.78, 5) is 0. The molecule has 0 amide bonds. The number of hydrogen-bond acceptors (Lipinski definition) is 2. The van der Waals surface area contributed by atoms with E-state index < -0.39 is 0 Å². The Morgan fingerprint density at radius 1 is 1.38 bits per heavy atom. The van der Waals surface area contributed by atoms with Crippen LogP contribution in [0.1, 0.15) is 50.8 Å². The number of hydrogen-bond donors (Lipinski definition) is 2. The zero-order valence-corrected chi connectivity index (χ0v) is 10.6. The first-order chi connectivity index (χ1) is 7.72. The maximum Gasteiger partial charge on any atom is 0.151 e. The van der Waals surface area contributed by atoms with Gasteiger partial charge in [0.05, 0.1) is 0 Å². The summed E-state index contributed by atoms with van der Waals surface area (Å²) in [5.74, 6) is 1.84. The molecule has 1 fully saturated rings. The summed E-state index contributed by atoms with van der Waals surface area (Å²) in [6.45, 7) is 6.66. The summed E-state index contributed by atoms with van der Waals surface area (Å²) < 4.78 is 0. The van der Waals surface area contributed by atoms with E-state index in [-0.39, 0.29) is 0 Å². The Morgan fingerprint density at radius 3 is 2.75 bits per heavy atom. The molecular weight excluding hydrogens is 198 g/mol. The smallest absolute Gasteiger partial charge is 0.151 e. The first kappa shape index (κ1) is 11.5. The predicted molar refractivity (Wildman–Crippen MR) is 67.7 cm³/mol. The molecule has 0 saturated heterocycles. The summed E-state index contributed by atoms with van der Waals surface area (Å²) in [6.07, 6.45) is 6.41. The lowest BCUT2D eigenvalue weighted by molar-refractivity contribution is 0.349. The summed E-state index contributed by atoms with van der Waals surface area (Å²) in [5.41, 5.74) is 2.55. The molecule has 2 unspecified atom stereocenters. The Balaban J connectivity index is 2.04. The Hall–Kier alpha value is -0.990. The normalized spacial score (nSPS) is 25.7. The van der Waals surface area contributed by atoms with Gasteiger partial charge in [-0.3, -0.25) is 5.10 Å². The molecule has 3 nitrogen and oxygen atoms in total. The van der Waals surface area contributed by atoms with Crippen LogP contribution in [0.25, 0.3) is 0 Å². The molecule has 1 aromatic heterocycles. The van der Waals surface area contributed by atoms with Crippen LogP contribution in [-0.2, 0) is 6.42 Å². The molecule has 1 aliphatic carbocycles. The largest absolute Gasteiger partial charge is 0.365 e. The Bertz CT molecular complexity index is 343. The van der Waals surface area contributed by atoms with Gasteiger partial charge in [-0.05, 0) is 32.1 Å². The summed E-state index contributed by atoms with van der Waals surface area (Å²) >= 11 is 0. The molecule has 1 aliphatic rings. The van der Waals surface area contributed by atoms with Crippen molar-refractivity contribution in [2.45, 2.75) is 58.9 Å². The SMILES string of the molecule is CCc1[nH]nc(NC2CCCCC2C)c1C. The van der Waals surface area contributed by atoms with Crippen molar-refractivity contribution in [2.24, 2.45) is 5.92 Å². The third-order valence-electron chi connectivity index (χ3n) is 3.90. The monoisotopic (exact) mass is 221 g/mol. The van der Waals surface area contributed by atoms with E-state index in [1.807, 2.05) is 0 Å². The lowest BCUT2D eigenvalue weighted by atomic mass is 9.86.